The Labute approximate surface area is 104 Å². The lowest BCUT2D eigenvalue weighted by molar-refractivity contribution is -0.132. The number of hydrogen-bond acceptors (Lipinski definition) is 1. The van der Waals surface area contributed by atoms with Crippen LogP contribution in [0.1, 0.15) is 38.2 Å². The first kappa shape index (κ1) is 12.2. The summed E-state index contributed by atoms with van der Waals surface area (Å²) in [6.07, 6.45) is 4.24. The Morgan fingerprint density at radius 1 is 1.29 bits per heavy atom. The Morgan fingerprint density at radius 3 is 2.47 bits per heavy atom. The van der Waals surface area contributed by atoms with Crippen molar-refractivity contribution < 1.29 is 4.79 Å². The zero-order valence-electron chi connectivity index (χ0n) is 10.8. The summed E-state index contributed by atoms with van der Waals surface area (Å²) in [5.74, 6) is 0.303. The molecule has 1 saturated carbocycles. The first-order valence-electron chi connectivity index (χ1n) is 6.52. The van der Waals surface area contributed by atoms with Crippen molar-refractivity contribution in [2.75, 3.05) is 13.6 Å². The highest BCUT2D eigenvalue weighted by Gasteiger charge is 2.52. The summed E-state index contributed by atoms with van der Waals surface area (Å²) in [5.41, 5.74) is 0.998. The van der Waals surface area contributed by atoms with Gasteiger partial charge < -0.3 is 4.90 Å². The Balaban J connectivity index is 2.09. The first-order chi connectivity index (χ1) is 8.20. The molecule has 0 N–H and O–H groups in total. The van der Waals surface area contributed by atoms with E-state index in [1.54, 1.807) is 0 Å². The lowest BCUT2D eigenvalue weighted by atomic mass is 9.94. The standard InChI is InChI=1S/C15H21NO/c1-3-4-12-16(2)14(17)15(10-11-15)13-8-6-5-7-9-13/h5-9H,3-4,10-12H2,1-2H3. The van der Waals surface area contributed by atoms with Crippen molar-refractivity contribution in [1.82, 2.24) is 4.90 Å². The molecule has 2 rings (SSSR count). The van der Waals surface area contributed by atoms with E-state index >= 15 is 0 Å². The van der Waals surface area contributed by atoms with E-state index < -0.39 is 0 Å². The largest absolute Gasteiger partial charge is 0.345 e. The smallest absolute Gasteiger partial charge is 0.232 e. The van der Waals surface area contributed by atoms with Gasteiger partial charge in [0.15, 0.2) is 0 Å². The number of benzene rings is 1. The van der Waals surface area contributed by atoms with Gasteiger partial charge in [0.2, 0.25) is 5.91 Å². The van der Waals surface area contributed by atoms with Crippen LogP contribution in [0.25, 0.3) is 0 Å². The molecule has 17 heavy (non-hydrogen) atoms. The van der Waals surface area contributed by atoms with Gasteiger partial charge in [0, 0.05) is 13.6 Å². The predicted octanol–water partition coefficient (Wildman–Crippen LogP) is 2.98. The van der Waals surface area contributed by atoms with Gasteiger partial charge >= 0.3 is 0 Å². The summed E-state index contributed by atoms with van der Waals surface area (Å²) in [7, 11) is 1.93. The lowest BCUT2D eigenvalue weighted by Crippen LogP contribution is -2.37. The minimum atomic E-state index is -0.191. The molecule has 1 aromatic carbocycles. The SMILES string of the molecule is CCCCN(C)C(=O)C1(c2ccccc2)CC1. The van der Waals surface area contributed by atoms with Crippen molar-refractivity contribution >= 4 is 5.91 Å². The zero-order chi connectivity index (χ0) is 12.3. The summed E-state index contributed by atoms with van der Waals surface area (Å²) >= 11 is 0. The highest BCUT2D eigenvalue weighted by molar-refractivity contribution is 5.91. The lowest BCUT2D eigenvalue weighted by Gasteiger charge is -2.23. The van der Waals surface area contributed by atoms with Crippen LogP contribution in [0.4, 0.5) is 0 Å². The van der Waals surface area contributed by atoms with E-state index in [1.165, 1.54) is 5.56 Å². The van der Waals surface area contributed by atoms with Gasteiger partial charge in [-0.05, 0) is 24.8 Å². The average molecular weight is 231 g/mol. The van der Waals surface area contributed by atoms with Crippen LogP contribution >= 0.6 is 0 Å². The summed E-state index contributed by atoms with van der Waals surface area (Å²) in [5, 5.41) is 0. The molecule has 0 bridgehead atoms. The highest BCUT2D eigenvalue weighted by Crippen LogP contribution is 2.49. The normalized spacial score (nSPS) is 16.6. The Kier molecular flexibility index (Phi) is 3.51. The number of carbonyl (C=O) groups is 1. The van der Waals surface area contributed by atoms with Gasteiger partial charge in [-0.25, -0.2) is 0 Å². The molecule has 0 saturated heterocycles. The highest BCUT2D eigenvalue weighted by atomic mass is 16.2. The summed E-state index contributed by atoms with van der Waals surface area (Å²) in [4.78, 5) is 14.4. The van der Waals surface area contributed by atoms with E-state index in [-0.39, 0.29) is 5.41 Å². The minimum absolute atomic E-state index is 0.191. The van der Waals surface area contributed by atoms with Crippen LogP contribution in [-0.4, -0.2) is 24.4 Å². The van der Waals surface area contributed by atoms with Crippen LogP contribution in [0.3, 0.4) is 0 Å². The average Bonchev–Trinajstić information content (AvgIpc) is 3.17. The third-order valence-electron chi connectivity index (χ3n) is 3.68. The molecule has 0 aliphatic heterocycles. The van der Waals surface area contributed by atoms with Crippen LogP contribution in [0, 0.1) is 0 Å². The van der Waals surface area contributed by atoms with Crippen molar-refractivity contribution in [3.05, 3.63) is 35.9 Å². The molecule has 0 radical (unpaired) electrons. The van der Waals surface area contributed by atoms with Crippen LogP contribution in [0.5, 0.6) is 0 Å². The molecular formula is C15H21NO. The Hall–Kier alpha value is -1.31. The summed E-state index contributed by atoms with van der Waals surface area (Å²) < 4.78 is 0. The van der Waals surface area contributed by atoms with E-state index in [9.17, 15) is 4.79 Å². The third-order valence-corrected chi connectivity index (χ3v) is 3.68. The van der Waals surface area contributed by atoms with Crippen molar-refractivity contribution in [2.24, 2.45) is 0 Å². The second-order valence-electron chi connectivity index (χ2n) is 5.03. The maximum absolute atomic E-state index is 12.5. The molecule has 1 aromatic rings. The molecule has 0 spiro atoms. The van der Waals surface area contributed by atoms with Gasteiger partial charge in [0.25, 0.3) is 0 Å². The summed E-state index contributed by atoms with van der Waals surface area (Å²) in [6.45, 7) is 3.03. The number of rotatable bonds is 5. The van der Waals surface area contributed by atoms with Crippen molar-refractivity contribution in [2.45, 2.75) is 38.0 Å². The van der Waals surface area contributed by atoms with Crippen LogP contribution in [0.2, 0.25) is 0 Å². The van der Waals surface area contributed by atoms with Gasteiger partial charge in [-0.15, -0.1) is 0 Å². The Bertz CT molecular complexity index is 381. The van der Waals surface area contributed by atoms with E-state index in [2.05, 4.69) is 19.1 Å². The number of amides is 1. The quantitative estimate of drug-likeness (QED) is 0.763. The molecular weight excluding hydrogens is 210 g/mol. The molecule has 0 aromatic heterocycles. The van der Waals surface area contributed by atoms with E-state index in [0.29, 0.717) is 5.91 Å². The fraction of sp³-hybridized carbons (Fsp3) is 0.533. The monoisotopic (exact) mass is 231 g/mol. The van der Waals surface area contributed by atoms with Gasteiger partial charge in [-0.1, -0.05) is 43.7 Å². The fourth-order valence-electron chi connectivity index (χ4n) is 2.37. The predicted molar refractivity (Wildman–Crippen MR) is 69.9 cm³/mol. The first-order valence-corrected chi connectivity index (χ1v) is 6.52. The van der Waals surface area contributed by atoms with Gasteiger partial charge in [-0.3, -0.25) is 4.79 Å². The molecule has 2 nitrogen and oxygen atoms in total. The van der Waals surface area contributed by atoms with Crippen LogP contribution < -0.4 is 0 Å². The number of carbonyl (C=O) groups excluding carboxylic acids is 1. The van der Waals surface area contributed by atoms with Gasteiger partial charge in [0.1, 0.15) is 0 Å². The second-order valence-corrected chi connectivity index (χ2v) is 5.03. The number of nitrogens with zero attached hydrogens (tertiary/aromatic N) is 1. The van der Waals surface area contributed by atoms with Crippen molar-refractivity contribution in [3.8, 4) is 0 Å². The fourth-order valence-corrected chi connectivity index (χ4v) is 2.37. The van der Waals surface area contributed by atoms with Crippen LogP contribution in [0.15, 0.2) is 30.3 Å². The van der Waals surface area contributed by atoms with Crippen molar-refractivity contribution in [1.29, 1.82) is 0 Å². The molecule has 0 atom stereocenters. The van der Waals surface area contributed by atoms with Gasteiger partial charge in [-0.2, -0.15) is 0 Å². The molecule has 1 fully saturated rings. The maximum atomic E-state index is 12.5. The number of unbranched alkanes of at least 4 members (excludes halogenated alkanes) is 1. The molecule has 0 heterocycles. The topological polar surface area (TPSA) is 20.3 Å². The molecule has 1 aliphatic carbocycles. The minimum Gasteiger partial charge on any atom is -0.345 e. The van der Waals surface area contributed by atoms with Crippen LogP contribution in [-0.2, 0) is 10.2 Å². The Morgan fingerprint density at radius 2 is 1.94 bits per heavy atom. The molecule has 2 heteroatoms. The van der Waals surface area contributed by atoms with Crippen molar-refractivity contribution in [3.63, 3.8) is 0 Å². The third kappa shape index (κ3) is 2.36. The molecule has 92 valence electrons. The molecule has 1 aliphatic rings. The summed E-state index contributed by atoms with van der Waals surface area (Å²) in [6, 6.07) is 10.2. The van der Waals surface area contributed by atoms with E-state index in [0.717, 1.165) is 32.2 Å². The van der Waals surface area contributed by atoms with E-state index in [1.807, 2.05) is 30.1 Å². The maximum Gasteiger partial charge on any atom is 0.232 e. The molecule has 0 unspecified atom stereocenters. The zero-order valence-corrected chi connectivity index (χ0v) is 10.8. The number of likely N-dealkylation sites (N-methyl/N-ethyl adjacent to an activating group) is 1. The molecule has 1 amide bonds. The number of hydrogen-bond donors (Lipinski definition) is 0. The van der Waals surface area contributed by atoms with Gasteiger partial charge in [0.05, 0.1) is 5.41 Å². The second kappa shape index (κ2) is 4.91. The van der Waals surface area contributed by atoms with E-state index in [4.69, 9.17) is 0 Å².